The summed E-state index contributed by atoms with van der Waals surface area (Å²) in [6.07, 6.45) is 1.52. The number of pyridine rings is 1. The molecule has 3 rings (SSSR count). The van der Waals surface area contributed by atoms with Gasteiger partial charge in [-0.1, -0.05) is 29.8 Å². The average Bonchev–Trinajstić information content (AvgIpc) is 2.50. The van der Waals surface area contributed by atoms with Crippen LogP contribution in [0.25, 0.3) is 15.6 Å². The van der Waals surface area contributed by atoms with Crippen LogP contribution < -0.4 is 0 Å². The molecule has 0 saturated heterocycles. The molecule has 0 N–H and O–H groups in total. The molecule has 0 aliphatic heterocycles. The van der Waals surface area contributed by atoms with E-state index in [0.29, 0.717) is 16.5 Å². The predicted molar refractivity (Wildman–Crippen MR) is 83.1 cm³/mol. The SMILES string of the molecule is Cc1ccc(F)cc1[N-]S(=O)(=O)c1cccc2cccnc12. The molecule has 6 heteroatoms. The van der Waals surface area contributed by atoms with Crippen molar-refractivity contribution in [3.8, 4) is 0 Å². The molecule has 3 aromatic rings. The smallest absolute Gasteiger partial charge is 0.125 e. The summed E-state index contributed by atoms with van der Waals surface area (Å²) in [5, 5.41) is 0.703. The lowest BCUT2D eigenvalue weighted by Gasteiger charge is -2.24. The van der Waals surface area contributed by atoms with E-state index in [0.717, 1.165) is 6.07 Å². The number of sulfonamides is 1. The standard InChI is InChI=1S/C16H12FN2O2S/c1-11-7-8-13(17)10-14(11)19-22(20,21)15-6-2-4-12-5-3-9-18-16(12)15/h2-10H,1H3/q-1. The van der Waals surface area contributed by atoms with Crippen molar-refractivity contribution in [2.45, 2.75) is 11.8 Å². The monoisotopic (exact) mass is 315 g/mol. The van der Waals surface area contributed by atoms with Crippen LogP contribution in [0.3, 0.4) is 0 Å². The number of hydrogen-bond donors (Lipinski definition) is 0. The largest absolute Gasteiger partial charge is 0.572 e. The van der Waals surface area contributed by atoms with Gasteiger partial charge in [-0.25, -0.2) is 12.8 Å². The molecule has 112 valence electrons. The number of rotatable bonds is 3. The molecule has 0 atom stereocenters. The summed E-state index contributed by atoms with van der Waals surface area (Å²) in [6.45, 7) is 1.68. The second kappa shape index (κ2) is 5.38. The third kappa shape index (κ3) is 2.65. The summed E-state index contributed by atoms with van der Waals surface area (Å²) in [6, 6.07) is 12.2. The Labute approximate surface area is 127 Å². The lowest BCUT2D eigenvalue weighted by Crippen LogP contribution is -2.00. The number of aromatic nitrogens is 1. The van der Waals surface area contributed by atoms with Gasteiger partial charge in [-0.05, 0) is 31.2 Å². The van der Waals surface area contributed by atoms with E-state index >= 15 is 0 Å². The van der Waals surface area contributed by atoms with Gasteiger partial charge in [-0.2, -0.15) is 0 Å². The molecule has 2 aromatic carbocycles. The topological polar surface area (TPSA) is 61.1 Å². The van der Waals surface area contributed by atoms with Crippen LogP contribution in [0.15, 0.2) is 59.6 Å². The first-order valence-electron chi connectivity index (χ1n) is 6.55. The van der Waals surface area contributed by atoms with Crippen LogP contribution >= 0.6 is 0 Å². The normalized spacial score (nSPS) is 11.5. The summed E-state index contributed by atoms with van der Waals surface area (Å²) in [4.78, 5) is 4.12. The van der Waals surface area contributed by atoms with Crippen LogP contribution in [0.1, 0.15) is 5.56 Å². The maximum Gasteiger partial charge on any atom is 0.125 e. The number of fused-ring (bicyclic) bond motifs is 1. The molecular weight excluding hydrogens is 303 g/mol. The molecule has 0 bridgehead atoms. The Morgan fingerprint density at radius 1 is 1.09 bits per heavy atom. The number of para-hydroxylation sites is 1. The Morgan fingerprint density at radius 3 is 2.68 bits per heavy atom. The van der Waals surface area contributed by atoms with Crippen molar-refractivity contribution in [2.75, 3.05) is 0 Å². The van der Waals surface area contributed by atoms with Crippen molar-refractivity contribution in [1.82, 2.24) is 4.98 Å². The molecule has 0 radical (unpaired) electrons. The minimum absolute atomic E-state index is 0.00858. The molecule has 22 heavy (non-hydrogen) atoms. The zero-order chi connectivity index (χ0) is 15.7. The van der Waals surface area contributed by atoms with E-state index in [-0.39, 0.29) is 10.6 Å². The summed E-state index contributed by atoms with van der Waals surface area (Å²) in [7, 11) is -3.98. The van der Waals surface area contributed by atoms with Gasteiger partial charge < -0.3 is 4.72 Å². The van der Waals surface area contributed by atoms with E-state index in [2.05, 4.69) is 9.71 Å². The van der Waals surface area contributed by atoms with E-state index in [4.69, 9.17) is 0 Å². The molecule has 0 amide bonds. The Hall–Kier alpha value is -2.47. The van der Waals surface area contributed by atoms with Crippen molar-refractivity contribution in [3.63, 3.8) is 0 Å². The molecular formula is C16H12FN2O2S-. The van der Waals surface area contributed by atoms with Crippen LogP contribution in [0, 0.1) is 12.7 Å². The second-order valence-electron chi connectivity index (χ2n) is 4.83. The first kappa shape index (κ1) is 14.5. The lowest BCUT2D eigenvalue weighted by atomic mass is 10.2. The number of halogens is 1. The predicted octanol–water partition coefficient (Wildman–Crippen LogP) is 4.08. The van der Waals surface area contributed by atoms with Gasteiger partial charge in [0.2, 0.25) is 0 Å². The summed E-state index contributed by atoms with van der Waals surface area (Å²) in [5.41, 5.74) is 1.02. The van der Waals surface area contributed by atoms with Gasteiger partial charge in [0, 0.05) is 11.6 Å². The minimum atomic E-state index is -3.98. The highest BCUT2D eigenvalue weighted by atomic mass is 32.2. The second-order valence-corrected chi connectivity index (χ2v) is 6.40. The molecule has 0 fully saturated rings. The highest BCUT2D eigenvalue weighted by Gasteiger charge is 2.11. The van der Waals surface area contributed by atoms with Gasteiger partial charge >= 0.3 is 0 Å². The quantitative estimate of drug-likeness (QED) is 0.731. The van der Waals surface area contributed by atoms with Gasteiger partial charge in [0.1, 0.15) is 15.8 Å². The van der Waals surface area contributed by atoms with Crippen molar-refractivity contribution in [1.29, 1.82) is 0 Å². The van der Waals surface area contributed by atoms with Gasteiger partial charge in [-0.15, -0.1) is 5.69 Å². The van der Waals surface area contributed by atoms with Crippen LogP contribution in [-0.2, 0) is 10.0 Å². The molecule has 0 spiro atoms. The highest BCUT2D eigenvalue weighted by Crippen LogP contribution is 2.33. The molecule has 1 aromatic heterocycles. The van der Waals surface area contributed by atoms with E-state index in [9.17, 15) is 12.8 Å². The van der Waals surface area contributed by atoms with Gasteiger partial charge in [-0.3, -0.25) is 4.98 Å². The maximum atomic E-state index is 13.3. The number of nitrogens with zero attached hydrogens (tertiary/aromatic N) is 2. The zero-order valence-electron chi connectivity index (χ0n) is 11.7. The molecule has 0 aliphatic rings. The third-order valence-electron chi connectivity index (χ3n) is 3.26. The van der Waals surface area contributed by atoms with Crippen LogP contribution in [-0.4, -0.2) is 13.4 Å². The van der Waals surface area contributed by atoms with E-state index in [1.165, 1.54) is 24.4 Å². The number of hydrogen-bond acceptors (Lipinski definition) is 3. The van der Waals surface area contributed by atoms with Gasteiger partial charge in [0.25, 0.3) is 0 Å². The molecule has 0 aliphatic carbocycles. The fourth-order valence-electron chi connectivity index (χ4n) is 2.14. The molecule has 0 saturated carbocycles. The highest BCUT2D eigenvalue weighted by molar-refractivity contribution is 7.94. The van der Waals surface area contributed by atoms with Crippen LogP contribution in [0.2, 0.25) is 0 Å². The van der Waals surface area contributed by atoms with Crippen molar-refractivity contribution in [3.05, 3.63) is 70.8 Å². The van der Waals surface area contributed by atoms with Gasteiger partial charge in [0.15, 0.2) is 0 Å². The summed E-state index contributed by atoms with van der Waals surface area (Å²) in [5.74, 6) is -0.532. The maximum absolute atomic E-state index is 13.3. The van der Waals surface area contributed by atoms with E-state index < -0.39 is 15.8 Å². The van der Waals surface area contributed by atoms with Crippen molar-refractivity contribution < 1.29 is 12.8 Å². The Balaban J connectivity index is 2.11. The van der Waals surface area contributed by atoms with Crippen LogP contribution in [0.4, 0.5) is 10.1 Å². The van der Waals surface area contributed by atoms with E-state index in [1.54, 1.807) is 31.2 Å². The summed E-state index contributed by atoms with van der Waals surface area (Å²) >= 11 is 0. The van der Waals surface area contributed by atoms with Crippen molar-refractivity contribution in [2.24, 2.45) is 0 Å². The number of aryl methyl sites for hydroxylation is 1. The Morgan fingerprint density at radius 2 is 1.86 bits per heavy atom. The lowest BCUT2D eigenvalue weighted by molar-refractivity contribution is 0.604. The zero-order valence-corrected chi connectivity index (χ0v) is 12.5. The fourth-order valence-corrected chi connectivity index (χ4v) is 3.36. The van der Waals surface area contributed by atoms with Gasteiger partial charge in [0.05, 0.1) is 10.4 Å². The van der Waals surface area contributed by atoms with Crippen LogP contribution in [0.5, 0.6) is 0 Å². The first-order valence-corrected chi connectivity index (χ1v) is 7.99. The minimum Gasteiger partial charge on any atom is -0.572 e. The summed E-state index contributed by atoms with van der Waals surface area (Å²) < 4.78 is 42.2. The van der Waals surface area contributed by atoms with E-state index in [1.807, 2.05) is 0 Å². The fraction of sp³-hybridized carbons (Fsp3) is 0.0625. The Kier molecular flexibility index (Phi) is 3.54. The molecule has 0 unspecified atom stereocenters. The third-order valence-corrected chi connectivity index (χ3v) is 4.59. The molecule has 4 nitrogen and oxygen atoms in total. The molecule has 1 heterocycles. The first-order chi connectivity index (χ1) is 10.5. The average molecular weight is 315 g/mol. The number of benzene rings is 2. The van der Waals surface area contributed by atoms with Crippen molar-refractivity contribution >= 4 is 26.6 Å². The Bertz CT molecular complexity index is 950.